The van der Waals surface area contributed by atoms with E-state index in [2.05, 4.69) is 27.6 Å². The highest BCUT2D eigenvalue weighted by atomic mass is 15.1. The van der Waals surface area contributed by atoms with Crippen LogP contribution in [-0.2, 0) is 13.5 Å². The Morgan fingerprint density at radius 3 is 3.00 bits per heavy atom. The minimum atomic E-state index is 0.662. The molecule has 1 fully saturated rings. The molecule has 4 nitrogen and oxygen atoms in total. The molecule has 3 rings (SSSR count). The van der Waals surface area contributed by atoms with E-state index in [0.29, 0.717) is 12.5 Å². The van der Waals surface area contributed by atoms with E-state index < -0.39 is 0 Å². The van der Waals surface area contributed by atoms with E-state index in [1.165, 1.54) is 24.2 Å². The first-order valence-electron chi connectivity index (χ1n) is 5.81. The van der Waals surface area contributed by atoms with E-state index in [0.717, 1.165) is 17.6 Å². The number of rotatable bonds is 3. The van der Waals surface area contributed by atoms with Gasteiger partial charge in [0.1, 0.15) is 11.3 Å². The van der Waals surface area contributed by atoms with E-state index in [1.807, 2.05) is 6.20 Å². The van der Waals surface area contributed by atoms with E-state index in [-0.39, 0.29) is 0 Å². The summed E-state index contributed by atoms with van der Waals surface area (Å²) in [6, 6.07) is 2.11. The van der Waals surface area contributed by atoms with Crippen LogP contribution in [0.15, 0.2) is 12.3 Å². The Labute approximate surface area is 94.5 Å². The van der Waals surface area contributed by atoms with Crippen LogP contribution in [0, 0.1) is 0 Å². The second-order valence-electron chi connectivity index (χ2n) is 4.53. The number of aryl methyl sites for hydroxylation is 1. The molecule has 0 spiro atoms. The van der Waals surface area contributed by atoms with Crippen LogP contribution in [0.25, 0.3) is 11.2 Å². The molecule has 0 bridgehead atoms. The second-order valence-corrected chi connectivity index (χ2v) is 4.53. The normalized spacial score (nSPS) is 15.9. The maximum absolute atomic E-state index is 5.54. The number of aromatic nitrogens is 3. The molecule has 1 saturated carbocycles. The number of fused-ring (bicyclic) bond motifs is 1. The summed E-state index contributed by atoms with van der Waals surface area (Å²) in [6.07, 6.45) is 5.32. The third-order valence-electron chi connectivity index (χ3n) is 3.18. The molecule has 2 N–H and O–H groups in total. The topological polar surface area (TPSA) is 56.7 Å². The van der Waals surface area contributed by atoms with Gasteiger partial charge in [-0.3, -0.25) is 0 Å². The summed E-state index contributed by atoms with van der Waals surface area (Å²) in [4.78, 5) is 9.15. The van der Waals surface area contributed by atoms with Crippen LogP contribution in [0.5, 0.6) is 0 Å². The summed E-state index contributed by atoms with van der Waals surface area (Å²) in [5.74, 6) is 1.85. The van der Waals surface area contributed by atoms with E-state index in [1.54, 1.807) is 0 Å². The molecule has 0 amide bonds. The van der Waals surface area contributed by atoms with Crippen molar-refractivity contribution in [1.82, 2.24) is 14.5 Å². The summed E-state index contributed by atoms with van der Waals surface area (Å²) in [7, 11) is 2.05. The SMILES string of the molecule is Cn1c(C2CC2)nc2cc(CCN)cnc21. The molecule has 0 radical (unpaired) electrons. The van der Waals surface area contributed by atoms with Crippen LogP contribution in [0.4, 0.5) is 0 Å². The molecule has 1 aliphatic rings. The lowest BCUT2D eigenvalue weighted by molar-refractivity contribution is 0.812. The summed E-state index contributed by atoms with van der Waals surface area (Å²) in [5.41, 5.74) is 8.72. The van der Waals surface area contributed by atoms with Crippen molar-refractivity contribution in [2.24, 2.45) is 12.8 Å². The maximum atomic E-state index is 5.54. The highest BCUT2D eigenvalue weighted by Gasteiger charge is 2.28. The fraction of sp³-hybridized carbons (Fsp3) is 0.500. The first-order chi connectivity index (χ1) is 7.79. The first-order valence-corrected chi connectivity index (χ1v) is 5.81. The van der Waals surface area contributed by atoms with Gasteiger partial charge in [-0.1, -0.05) is 0 Å². The minimum absolute atomic E-state index is 0.662. The quantitative estimate of drug-likeness (QED) is 0.842. The molecule has 0 aromatic carbocycles. The highest BCUT2D eigenvalue weighted by Crippen LogP contribution is 2.39. The number of pyridine rings is 1. The van der Waals surface area contributed by atoms with Gasteiger partial charge >= 0.3 is 0 Å². The lowest BCUT2D eigenvalue weighted by Crippen LogP contribution is -2.03. The summed E-state index contributed by atoms with van der Waals surface area (Å²) in [5, 5.41) is 0. The molecule has 0 saturated heterocycles. The van der Waals surface area contributed by atoms with E-state index in [9.17, 15) is 0 Å². The van der Waals surface area contributed by atoms with Crippen LogP contribution < -0.4 is 5.73 Å². The van der Waals surface area contributed by atoms with Crippen molar-refractivity contribution in [3.63, 3.8) is 0 Å². The lowest BCUT2D eigenvalue weighted by atomic mass is 10.2. The van der Waals surface area contributed by atoms with Crippen molar-refractivity contribution >= 4 is 11.2 Å². The van der Waals surface area contributed by atoms with Gasteiger partial charge in [0.05, 0.1) is 0 Å². The summed E-state index contributed by atoms with van der Waals surface area (Å²) >= 11 is 0. The first kappa shape index (κ1) is 9.78. The molecular formula is C12H16N4. The van der Waals surface area contributed by atoms with Crippen molar-refractivity contribution in [3.05, 3.63) is 23.7 Å². The van der Waals surface area contributed by atoms with Crippen LogP contribution in [0.2, 0.25) is 0 Å². The van der Waals surface area contributed by atoms with Gasteiger partial charge in [-0.15, -0.1) is 0 Å². The van der Waals surface area contributed by atoms with Crippen molar-refractivity contribution < 1.29 is 0 Å². The number of hydrogen-bond donors (Lipinski definition) is 1. The average molecular weight is 216 g/mol. The summed E-state index contributed by atoms with van der Waals surface area (Å²) in [6.45, 7) is 0.662. The third kappa shape index (κ3) is 1.50. The largest absolute Gasteiger partial charge is 0.330 e. The Hall–Kier alpha value is -1.42. The lowest BCUT2D eigenvalue weighted by Gasteiger charge is -1.99. The van der Waals surface area contributed by atoms with Crippen molar-refractivity contribution in [2.45, 2.75) is 25.2 Å². The fourth-order valence-electron chi connectivity index (χ4n) is 2.15. The van der Waals surface area contributed by atoms with Gasteiger partial charge in [-0.05, 0) is 37.4 Å². The van der Waals surface area contributed by atoms with Gasteiger partial charge in [0.2, 0.25) is 0 Å². The van der Waals surface area contributed by atoms with Gasteiger partial charge in [0.15, 0.2) is 5.65 Å². The average Bonchev–Trinajstić information content (AvgIpc) is 3.06. The van der Waals surface area contributed by atoms with Gasteiger partial charge in [-0.2, -0.15) is 0 Å². The van der Waals surface area contributed by atoms with Gasteiger partial charge < -0.3 is 10.3 Å². The molecule has 2 aromatic heterocycles. The Morgan fingerprint density at radius 1 is 1.50 bits per heavy atom. The fourth-order valence-corrected chi connectivity index (χ4v) is 2.15. The van der Waals surface area contributed by atoms with Gasteiger partial charge in [0, 0.05) is 19.2 Å². The van der Waals surface area contributed by atoms with Gasteiger partial charge in [-0.25, -0.2) is 9.97 Å². The van der Waals surface area contributed by atoms with Gasteiger partial charge in [0.25, 0.3) is 0 Å². The molecule has 16 heavy (non-hydrogen) atoms. The number of nitrogens with zero attached hydrogens (tertiary/aromatic N) is 3. The Balaban J connectivity index is 2.09. The number of imidazole rings is 1. The van der Waals surface area contributed by atoms with Crippen LogP contribution in [0.3, 0.4) is 0 Å². The molecule has 1 aliphatic carbocycles. The summed E-state index contributed by atoms with van der Waals surface area (Å²) < 4.78 is 2.12. The zero-order chi connectivity index (χ0) is 11.1. The molecule has 0 unspecified atom stereocenters. The Bertz CT molecular complexity index is 525. The Morgan fingerprint density at radius 2 is 2.31 bits per heavy atom. The molecule has 2 heterocycles. The molecular weight excluding hydrogens is 200 g/mol. The standard InChI is InChI=1S/C12H16N4/c1-16-11(9-2-3-9)15-10-6-8(4-5-13)7-14-12(10)16/h6-7,9H,2-5,13H2,1H3. The monoisotopic (exact) mass is 216 g/mol. The third-order valence-corrected chi connectivity index (χ3v) is 3.18. The zero-order valence-corrected chi connectivity index (χ0v) is 9.48. The van der Waals surface area contributed by atoms with E-state index >= 15 is 0 Å². The van der Waals surface area contributed by atoms with Crippen molar-refractivity contribution in [1.29, 1.82) is 0 Å². The number of hydrogen-bond acceptors (Lipinski definition) is 3. The molecule has 2 aromatic rings. The second kappa shape index (κ2) is 3.56. The molecule has 4 heteroatoms. The molecule has 0 atom stereocenters. The molecule has 84 valence electrons. The predicted molar refractivity (Wildman–Crippen MR) is 63.2 cm³/mol. The Kier molecular flexibility index (Phi) is 2.17. The van der Waals surface area contributed by atoms with Crippen molar-refractivity contribution in [3.8, 4) is 0 Å². The van der Waals surface area contributed by atoms with E-state index in [4.69, 9.17) is 5.73 Å². The van der Waals surface area contributed by atoms with Crippen LogP contribution >= 0.6 is 0 Å². The van der Waals surface area contributed by atoms with Crippen LogP contribution in [0.1, 0.15) is 30.1 Å². The molecule has 0 aliphatic heterocycles. The number of nitrogens with two attached hydrogens (primary N) is 1. The highest BCUT2D eigenvalue weighted by molar-refractivity contribution is 5.72. The minimum Gasteiger partial charge on any atom is -0.330 e. The maximum Gasteiger partial charge on any atom is 0.159 e. The zero-order valence-electron chi connectivity index (χ0n) is 9.48. The smallest absolute Gasteiger partial charge is 0.159 e. The van der Waals surface area contributed by atoms with Crippen molar-refractivity contribution in [2.75, 3.05) is 6.54 Å². The predicted octanol–water partition coefficient (Wildman–Crippen LogP) is 1.35. The van der Waals surface area contributed by atoms with Crippen LogP contribution in [-0.4, -0.2) is 21.1 Å².